The van der Waals surface area contributed by atoms with Crippen molar-refractivity contribution in [3.8, 4) is 10.8 Å². The van der Waals surface area contributed by atoms with Crippen LogP contribution in [0.2, 0.25) is 0 Å². The van der Waals surface area contributed by atoms with Crippen LogP contribution in [0.1, 0.15) is 11.3 Å². The Morgan fingerprint density at radius 3 is 2.64 bits per heavy atom. The molecule has 6 heteroatoms. The molecular weight excluding hydrogens is 354 g/mol. The van der Waals surface area contributed by atoms with Gasteiger partial charge in [0.05, 0.1) is 23.5 Å². The lowest BCUT2D eigenvalue weighted by molar-refractivity contribution is 0.581. The summed E-state index contributed by atoms with van der Waals surface area (Å²) in [6, 6.07) is 17.2. The number of fused-ring (bicyclic) bond motifs is 1. The second-order valence-electron chi connectivity index (χ2n) is 5.79. The second-order valence-corrected chi connectivity index (χ2v) is 8.71. The summed E-state index contributed by atoms with van der Waals surface area (Å²) < 4.78 is 30.6. The van der Waals surface area contributed by atoms with Crippen molar-refractivity contribution in [3.63, 3.8) is 0 Å². The van der Waals surface area contributed by atoms with E-state index in [0.29, 0.717) is 16.5 Å². The Hall–Kier alpha value is -2.44. The maximum absolute atomic E-state index is 12.7. The van der Waals surface area contributed by atoms with E-state index in [0.717, 1.165) is 16.3 Å². The highest BCUT2D eigenvalue weighted by molar-refractivity contribution is 7.89. The number of thiazole rings is 1. The molecule has 2 aromatic heterocycles. The van der Waals surface area contributed by atoms with Gasteiger partial charge in [0.25, 0.3) is 0 Å². The van der Waals surface area contributed by atoms with Crippen LogP contribution in [0.25, 0.3) is 21.5 Å². The Morgan fingerprint density at radius 1 is 0.960 bits per heavy atom. The molecule has 0 saturated heterocycles. The van der Waals surface area contributed by atoms with Crippen LogP contribution in [-0.2, 0) is 21.3 Å². The third-order valence-corrected chi connectivity index (χ3v) is 6.30. The zero-order chi connectivity index (χ0) is 17.3. The number of nitrogens with zero attached hydrogens (tertiary/aromatic N) is 1. The molecule has 0 aliphatic heterocycles. The average Bonchev–Trinajstić information content (AvgIpc) is 3.26. The first kappa shape index (κ1) is 16.1. The molecule has 126 valence electrons. The molecule has 0 bridgehead atoms. The van der Waals surface area contributed by atoms with Crippen molar-refractivity contribution in [2.45, 2.75) is 11.5 Å². The van der Waals surface area contributed by atoms with Crippen molar-refractivity contribution < 1.29 is 12.8 Å². The average molecular weight is 369 g/mol. The van der Waals surface area contributed by atoms with Crippen molar-refractivity contribution in [1.29, 1.82) is 0 Å². The van der Waals surface area contributed by atoms with Gasteiger partial charge in [-0.2, -0.15) is 0 Å². The van der Waals surface area contributed by atoms with Crippen molar-refractivity contribution >= 4 is 31.9 Å². The molecule has 0 fully saturated rings. The van der Waals surface area contributed by atoms with E-state index in [1.165, 1.54) is 11.3 Å². The molecule has 0 atom stereocenters. The summed E-state index contributed by atoms with van der Waals surface area (Å²) >= 11 is 1.39. The summed E-state index contributed by atoms with van der Waals surface area (Å²) in [5.41, 5.74) is 1.37. The van der Waals surface area contributed by atoms with Gasteiger partial charge in [0.15, 0.2) is 20.6 Å². The number of aromatic nitrogens is 1. The van der Waals surface area contributed by atoms with Crippen molar-refractivity contribution in [1.82, 2.24) is 4.98 Å². The third-order valence-electron chi connectivity index (χ3n) is 3.91. The molecular formula is C19H15NO3S2. The Balaban J connectivity index is 1.58. The van der Waals surface area contributed by atoms with Crippen molar-refractivity contribution in [2.24, 2.45) is 0 Å². The van der Waals surface area contributed by atoms with Gasteiger partial charge < -0.3 is 4.42 Å². The van der Waals surface area contributed by atoms with Crippen LogP contribution in [0.15, 0.2) is 70.7 Å². The van der Waals surface area contributed by atoms with Gasteiger partial charge in [-0.1, -0.05) is 42.5 Å². The van der Waals surface area contributed by atoms with Crippen LogP contribution in [-0.4, -0.2) is 13.4 Å². The molecule has 0 radical (unpaired) electrons. The molecule has 0 aliphatic rings. The zero-order valence-electron chi connectivity index (χ0n) is 13.3. The number of furan rings is 1. The first-order chi connectivity index (χ1) is 12.1. The largest absolute Gasteiger partial charge is 0.462 e. The molecule has 0 N–H and O–H groups in total. The Kier molecular flexibility index (Phi) is 4.15. The fraction of sp³-hybridized carbons (Fsp3) is 0.105. The third kappa shape index (κ3) is 3.50. The molecule has 4 nitrogen and oxygen atoms in total. The lowest BCUT2D eigenvalue weighted by atomic mass is 10.1. The van der Waals surface area contributed by atoms with E-state index in [1.807, 2.05) is 48.5 Å². The van der Waals surface area contributed by atoms with E-state index in [4.69, 9.17) is 4.42 Å². The summed E-state index contributed by atoms with van der Waals surface area (Å²) in [5, 5.41) is 4.49. The SMILES string of the molecule is O=S(=O)(Cc1csc(-c2ccco2)n1)Cc1cccc2ccccc12. The van der Waals surface area contributed by atoms with E-state index in [-0.39, 0.29) is 11.5 Å². The predicted molar refractivity (Wildman–Crippen MR) is 100 cm³/mol. The Morgan fingerprint density at radius 2 is 1.80 bits per heavy atom. The quantitative estimate of drug-likeness (QED) is 0.513. The smallest absolute Gasteiger partial charge is 0.162 e. The fourth-order valence-electron chi connectivity index (χ4n) is 2.82. The normalized spacial score (nSPS) is 11.8. The van der Waals surface area contributed by atoms with Crippen LogP contribution >= 0.6 is 11.3 Å². The fourth-order valence-corrected chi connectivity index (χ4v) is 5.14. The predicted octanol–water partition coefficient (Wildman–Crippen LogP) is 4.67. The number of sulfone groups is 1. The molecule has 0 unspecified atom stereocenters. The summed E-state index contributed by atoms with van der Waals surface area (Å²) in [4.78, 5) is 4.39. The maximum Gasteiger partial charge on any atom is 0.162 e. The molecule has 4 aromatic rings. The summed E-state index contributed by atoms with van der Waals surface area (Å²) in [7, 11) is -3.32. The maximum atomic E-state index is 12.7. The standard InChI is InChI=1S/C19H15NO3S2/c21-25(22,12-15-7-3-6-14-5-1-2-8-17(14)15)13-16-11-24-19(20-16)18-9-4-10-23-18/h1-11H,12-13H2. The molecule has 0 amide bonds. The molecule has 0 saturated carbocycles. The van der Waals surface area contributed by atoms with E-state index in [2.05, 4.69) is 4.98 Å². The first-order valence-corrected chi connectivity index (χ1v) is 10.5. The van der Waals surface area contributed by atoms with Gasteiger partial charge in [0.1, 0.15) is 0 Å². The highest BCUT2D eigenvalue weighted by atomic mass is 32.2. The number of rotatable bonds is 5. The summed E-state index contributed by atoms with van der Waals surface area (Å²) in [6.45, 7) is 0. The molecule has 2 heterocycles. The van der Waals surface area contributed by atoms with Gasteiger partial charge in [-0.05, 0) is 28.5 Å². The van der Waals surface area contributed by atoms with Gasteiger partial charge >= 0.3 is 0 Å². The van der Waals surface area contributed by atoms with Crippen LogP contribution < -0.4 is 0 Å². The van der Waals surface area contributed by atoms with Crippen LogP contribution in [0.5, 0.6) is 0 Å². The lowest BCUT2D eigenvalue weighted by Gasteiger charge is -2.07. The van der Waals surface area contributed by atoms with Gasteiger partial charge in [-0.25, -0.2) is 13.4 Å². The minimum Gasteiger partial charge on any atom is -0.462 e. The Bertz CT molecular complexity index is 1110. The number of hydrogen-bond acceptors (Lipinski definition) is 5. The molecule has 0 spiro atoms. The number of hydrogen-bond donors (Lipinski definition) is 0. The van der Waals surface area contributed by atoms with Crippen LogP contribution in [0, 0.1) is 0 Å². The van der Waals surface area contributed by atoms with Crippen LogP contribution in [0.3, 0.4) is 0 Å². The topological polar surface area (TPSA) is 60.2 Å². The van der Waals surface area contributed by atoms with Gasteiger partial charge in [-0.15, -0.1) is 11.3 Å². The summed E-state index contributed by atoms with van der Waals surface area (Å²) in [6.07, 6.45) is 1.58. The summed E-state index contributed by atoms with van der Waals surface area (Å²) in [5.74, 6) is 0.581. The Labute approximate surface area is 149 Å². The van der Waals surface area contributed by atoms with Crippen LogP contribution in [0.4, 0.5) is 0 Å². The highest BCUT2D eigenvalue weighted by Gasteiger charge is 2.17. The van der Waals surface area contributed by atoms with Crippen molar-refractivity contribution in [2.75, 3.05) is 0 Å². The highest BCUT2D eigenvalue weighted by Crippen LogP contribution is 2.26. The second kappa shape index (κ2) is 6.46. The minimum atomic E-state index is -3.32. The van der Waals surface area contributed by atoms with Gasteiger partial charge in [0.2, 0.25) is 0 Å². The molecule has 0 aliphatic carbocycles. The van der Waals surface area contributed by atoms with E-state index in [1.54, 1.807) is 17.7 Å². The molecule has 25 heavy (non-hydrogen) atoms. The lowest BCUT2D eigenvalue weighted by Crippen LogP contribution is -2.08. The van der Waals surface area contributed by atoms with E-state index in [9.17, 15) is 8.42 Å². The van der Waals surface area contributed by atoms with E-state index < -0.39 is 9.84 Å². The molecule has 2 aromatic carbocycles. The zero-order valence-corrected chi connectivity index (χ0v) is 14.9. The van der Waals surface area contributed by atoms with Gasteiger partial charge in [0, 0.05) is 5.38 Å². The molecule has 4 rings (SSSR count). The minimum absolute atomic E-state index is 0.00195. The first-order valence-electron chi connectivity index (χ1n) is 7.76. The van der Waals surface area contributed by atoms with Crippen molar-refractivity contribution in [3.05, 3.63) is 77.5 Å². The number of benzene rings is 2. The van der Waals surface area contributed by atoms with E-state index >= 15 is 0 Å². The monoisotopic (exact) mass is 369 g/mol. The van der Waals surface area contributed by atoms with Gasteiger partial charge in [-0.3, -0.25) is 0 Å².